The highest BCUT2D eigenvalue weighted by atomic mass is 32.2. The Morgan fingerprint density at radius 2 is 2.25 bits per heavy atom. The zero-order chi connectivity index (χ0) is 9.14. The maximum Gasteiger partial charge on any atom is 0.368 e. The second-order valence-electron chi connectivity index (χ2n) is 2.77. The molecule has 0 saturated heterocycles. The monoisotopic (exact) mass is 185 g/mol. The standard InChI is InChI=1S/C8H11NO2S/c1-5(2)12-4-7-6(3)9-11-8(7)10/h4-5H,1-3H3/b7-4+. The molecule has 1 rings (SSSR count). The number of hydrogen-bond acceptors (Lipinski definition) is 4. The zero-order valence-corrected chi connectivity index (χ0v) is 8.14. The van der Waals surface area contributed by atoms with Crippen molar-refractivity contribution >= 4 is 23.4 Å². The van der Waals surface area contributed by atoms with Crippen LogP contribution in [-0.2, 0) is 9.63 Å². The van der Waals surface area contributed by atoms with Gasteiger partial charge in [-0.05, 0) is 12.3 Å². The molecule has 0 radical (unpaired) electrons. The van der Waals surface area contributed by atoms with Crippen LogP contribution in [0, 0.1) is 0 Å². The van der Waals surface area contributed by atoms with Gasteiger partial charge in [-0.3, -0.25) is 0 Å². The third kappa shape index (κ3) is 2.11. The summed E-state index contributed by atoms with van der Waals surface area (Å²) in [6, 6.07) is 0. The number of rotatable bonds is 2. The summed E-state index contributed by atoms with van der Waals surface area (Å²) >= 11 is 1.59. The van der Waals surface area contributed by atoms with Gasteiger partial charge in [-0.15, -0.1) is 11.8 Å². The third-order valence-corrected chi connectivity index (χ3v) is 2.25. The van der Waals surface area contributed by atoms with Gasteiger partial charge in [0.2, 0.25) is 0 Å². The van der Waals surface area contributed by atoms with Gasteiger partial charge in [0, 0.05) is 5.25 Å². The lowest BCUT2D eigenvalue weighted by molar-refractivity contribution is -0.136. The molecular formula is C8H11NO2S. The Morgan fingerprint density at radius 1 is 1.58 bits per heavy atom. The van der Waals surface area contributed by atoms with Crippen molar-refractivity contribution in [3.8, 4) is 0 Å². The molecule has 0 amide bonds. The molecule has 0 aliphatic carbocycles. The molecule has 12 heavy (non-hydrogen) atoms. The second kappa shape index (κ2) is 3.76. The van der Waals surface area contributed by atoms with Gasteiger partial charge in [-0.1, -0.05) is 19.0 Å². The summed E-state index contributed by atoms with van der Waals surface area (Å²) in [5, 5.41) is 5.84. The maximum absolute atomic E-state index is 11.0. The first-order valence-corrected chi connectivity index (χ1v) is 4.67. The van der Waals surface area contributed by atoms with Crippen molar-refractivity contribution in [3.05, 3.63) is 11.0 Å². The molecule has 0 aromatic heterocycles. The van der Waals surface area contributed by atoms with E-state index in [0.717, 1.165) is 0 Å². The Hall–Kier alpha value is -0.770. The van der Waals surface area contributed by atoms with Crippen molar-refractivity contribution in [2.24, 2.45) is 5.16 Å². The van der Waals surface area contributed by atoms with E-state index in [-0.39, 0.29) is 5.97 Å². The fourth-order valence-electron chi connectivity index (χ4n) is 0.693. The van der Waals surface area contributed by atoms with E-state index in [4.69, 9.17) is 0 Å². The van der Waals surface area contributed by atoms with Gasteiger partial charge in [0.25, 0.3) is 0 Å². The average Bonchev–Trinajstić information content (AvgIpc) is 2.28. The molecule has 0 fully saturated rings. The summed E-state index contributed by atoms with van der Waals surface area (Å²) in [7, 11) is 0. The van der Waals surface area contributed by atoms with Gasteiger partial charge in [0.15, 0.2) is 0 Å². The lowest BCUT2D eigenvalue weighted by Crippen LogP contribution is -2.01. The summed E-state index contributed by atoms with van der Waals surface area (Å²) in [5.41, 5.74) is 1.24. The van der Waals surface area contributed by atoms with Gasteiger partial charge < -0.3 is 4.84 Å². The van der Waals surface area contributed by atoms with Crippen molar-refractivity contribution in [1.29, 1.82) is 0 Å². The van der Waals surface area contributed by atoms with E-state index in [1.165, 1.54) is 0 Å². The molecule has 1 heterocycles. The fraction of sp³-hybridized carbons (Fsp3) is 0.500. The molecule has 0 unspecified atom stereocenters. The molecule has 0 bridgehead atoms. The first-order chi connectivity index (χ1) is 5.61. The summed E-state index contributed by atoms with van der Waals surface area (Å²) in [6.07, 6.45) is 0. The van der Waals surface area contributed by atoms with Crippen LogP contribution >= 0.6 is 11.8 Å². The molecule has 66 valence electrons. The van der Waals surface area contributed by atoms with Gasteiger partial charge in [-0.2, -0.15) is 0 Å². The molecule has 0 spiro atoms. The molecule has 0 atom stereocenters. The molecule has 0 aromatic carbocycles. The molecule has 4 heteroatoms. The van der Waals surface area contributed by atoms with E-state index < -0.39 is 0 Å². The van der Waals surface area contributed by atoms with Crippen LogP contribution in [-0.4, -0.2) is 16.9 Å². The summed E-state index contributed by atoms with van der Waals surface area (Å²) in [5.74, 6) is -0.347. The van der Waals surface area contributed by atoms with Gasteiger partial charge >= 0.3 is 5.97 Å². The minimum atomic E-state index is -0.347. The van der Waals surface area contributed by atoms with E-state index in [1.54, 1.807) is 24.1 Å². The molecule has 1 aliphatic rings. The van der Waals surface area contributed by atoms with E-state index in [2.05, 4.69) is 23.8 Å². The lowest BCUT2D eigenvalue weighted by Gasteiger charge is -1.97. The highest BCUT2D eigenvalue weighted by molar-refractivity contribution is 8.02. The molecule has 3 nitrogen and oxygen atoms in total. The van der Waals surface area contributed by atoms with Crippen molar-refractivity contribution in [2.45, 2.75) is 26.0 Å². The zero-order valence-electron chi connectivity index (χ0n) is 7.33. The highest BCUT2D eigenvalue weighted by Gasteiger charge is 2.21. The molecule has 0 saturated carbocycles. The lowest BCUT2D eigenvalue weighted by atomic mass is 10.2. The Bertz CT molecular complexity index is 256. The van der Waals surface area contributed by atoms with Crippen molar-refractivity contribution in [3.63, 3.8) is 0 Å². The van der Waals surface area contributed by atoms with Crippen LogP contribution in [0.3, 0.4) is 0 Å². The van der Waals surface area contributed by atoms with Gasteiger partial charge in [-0.25, -0.2) is 4.79 Å². The molecule has 0 N–H and O–H groups in total. The van der Waals surface area contributed by atoms with Crippen LogP contribution in [0.4, 0.5) is 0 Å². The number of thioether (sulfide) groups is 1. The van der Waals surface area contributed by atoms with E-state index in [1.807, 2.05) is 0 Å². The molecule has 1 aliphatic heterocycles. The molecule has 0 aromatic rings. The Kier molecular flexibility index (Phi) is 2.92. The van der Waals surface area contributed by atoms with Crippen LogP contribution in [0.2, 0.25) is 0 Å². The van der Waals surface area contributed by atoms with Crippen molar-refractivity contribution < 1.29 is 9.63 Å². The van der Waals surface area contributed by atoms with Gasteiger partial charge in [0.1, 0.15) is 0 Å². The van der Waals surface area contributed by atoms with Crippen LogP contribution in [0.5, 0.6) is 0 Å². The number of oxime groups is 1. The summed E-state index contributed by atoms with van der Waals surface area (Å²) < 4.78 is 0. The quantitative estimate of drug-likeness (QED) is 0.487. The number of carbonyl (C=O) groups is 1. The van der Waals surface area contributed by atoms with Gasteiger partial charge in [0.05, 0.1) is 11.3 Å². The highest BCUT2D eigenvalue weighted by Crippen LogP contribution is 2.18. The smallest absolute Gasteiger partial charge is 0.312 e. The first-order valence-electron chi connectivity index (χ1n) is 3.73. The summed E-state index contributed by atoms with van der Waals surface area (Å²) in [4.78, 5) is 15.5. The number of carbonyl (C=O) groups excluding carboxylic acids is 1. The van der Waals surface area contributed by atoms with E-state index >= 15 is 0 Å². The van der Waals surface area contributed by atoms with E-state index in [9.17, 15) is 4.79 Å². The Balaban J connectivity index is 2.67. The van der Waals surface area contributed by atoms with E-state index in [0.29, 0.717) is 16.5 Å². The minimum Gasteiger partial charge on any atom is -0.312 e. The number of hydrogen-bond donors (Lipinski definition) is 0. The Morgan fingerprint density at radius 3 is 2.67 bits per heavy atom. The first kappa shape index (κ1) is 9.32. The average molecular weight is 185 g/mol. The van der Waals surface area contributed by atoms with Crippen molar-refractivity contribution in [2.75, 3.05) is 0 Å². The largest absolute Gasteiger partial charge is 0.368 e. The minimum absolute atomic E-state index is 0.347. The third-order valence-electron chi connectivity index (χ3n) is 1.33. The summed E-state index contributed by atoms with van der Waals surface area (Å²) in [6.45, 7) is 5.89. The fourth-order valence-corrected chi connectivity index (χ4v) is 1.37. The topological polar surface area (TPSA) is 38.7 Å². The normalized spacial score (nSPS) is 20.2. The molecular weight excluding hydrogens is 174 g/mol. The number of nitrogens with zero attached hydrogens (tertiary/aromatic N) is 1. The predicted octanol–water partition coefficient (Wildman–Crippen LogP) is 1.94. The Labute approximate surface area is 75.8 Å². The maximum atomic E-state index is 11.0. The van der Waals surface area contributed by atoms with Crippen LogP contribution in [0.25, 0.3) is 0 Å². The predicted molar refractivity (Wildman–Crippen MR) is 50.0 cm³/mol. The van der Waals surface area contributed by atoms with Crippen molar-refractivity contribution in [1.82, 2.24) is 0 Å². The van der Waals surface area contributed by atoms with Crippen LogP contribution in [0.1, 0.15) is 20.8 Å². The second-order valence-corrected chi connectivity index (χ2v) is 4.22. The van der Waals surface area contributed by atoms with Crippen LogP contribution in [0.15, 0.2) is 16.1 Å². The SMILES string of the molecule is CC1=NOC(=O)/C1=C/SC(C)C. The van der Waals surface area contributed by atoms with Crippen LogP contribution < -0.4 is 0 Å².